The van der Waals surface area contributed by atoms with Crippen molar-refractivity contribution < 1.29 is 21.6 Å². The van der Waals surface area contributed by atoms with Gasteiger partial charge >= 0.3 is 0 Å². The molecular weight excluding hydrogens is 443 g/mol. The fourth-order valence-corrected chi connectivity index (χ4v) is 4.31. The summed E-state index contributed by atoms with van der Waals surface area (Å²) in [6.45, 7) is -0.359. The zero-order chi connectivity index (χ0) is 19.6. The number of sulfonamides is 1. The van der Waals surface area contributed by atoms with Gasteiger partial charge in [-0.3, -0.25) is 4.31 Å². The maximum Gasteiger partial charge on any atom is 0.264 e. The van der Waals surface area contributed by atoms with Gasteiger partial charge in [-0.2, -0.15) is 0 Å². The molecule has 0 aliphatic heterocycles. The monoisotopic (exact) mass is 455 g/mol. The quantitative estimate of drug-likeness (QED) is 0.525. The average molecular weight is 456 g/mol. The number of rotatable bonds is 5. The molecule has 0 aliphatic carbocycles. The van der Waals surface area contributed by atoms with E-state index in [2.05, 4.69) is 15.9 Å². The highest BCUT2D eigenvalue weighted by molar-refractivity contribution is 9.10. The second-order valence-corrected chi connectivity index (χ2v) is 8.46. The molecule has 3 rings (SSSR count). The first-order valence-electron chi connectivity index (χ1n) is 7.75. The first-order chi connectivity index (χ1) is 12.8. The summed E-state index contributed by atoms with van der Waals surface area (Å²) in [7, 11) is -4.13. The molecule has 0 aromatic heterocycles. The second kappa shape index (κ2) is 7.74. The lowest BCUT2D eigenvalue weighted by molar-refractivity contribution is 0.569. The zero-order valence-corrected chi connectivity index (χ0v) is 16.1. The number of hydrogen-bond donors (Lipinski definition) is 0. The van der Waals surface area contributed by atoms with Gasteiger partial charge in [-0.25, -0.2) is 21.6 Å². The van der Waals surface area contributed by atoms with Crippen molar-refractivity contribution in [1.82, 2.24) is 0 Å². The summed E-state index contributed by atoms with van der Waals surface area (Å²) < 4.78 is 68.4. The predicted molar refractivity (Wildman–Crippen MR) is 100 cm³/mol. The third kappa shape index (κ3) is 4.33. The maximum atomic E-state index is 14.1. The van der Waals surface area contributed by atoms with Crippen LogP contribution in [0.15, 0.2) is 76.1 Å². The van der Waals surface area contributed by atoms with E-state index in [0.29, 0.717) is 10.5 Å². The molecule has 0 atom stereocenters. The van der Waals surface area contributed by atoms with Crippen LogP contribution in [0.3, 0.4) is 0 Å². The van der Waals surface area contributed by atoms with Gasteiger partial charge in [-0.1, -0.05) is 28.1 Å². The van der Waals surface area contributed by atoms with Crippen molar-refractivity contribution in [2.75, 3.05) is 4.31 Å². The van der Waals surface area contributed by atoms with Gasteiger partial charge in [-0.15, -0.1) is 0 Å². The molecule has 3 nitrogen and oxygen atoms in total. The third-order valence-corrected chi connectivity index (χ3v) is 6.11. The molecule has 0 spiro atoms. The lowest BCUT2D eigenvalue weighted by Gasteiger charge is -2.25. The number of hydrogen-bond acceptors (Lipinski definition) is 2. The Kier molecular flexibility index (Phi) is 5.57. The van der Waals surface area contributed by atoms with E-state index in [-0.39, 0.29) is 22.7 Å². The molecule has 0 bridgehead atoms. The number of anilines is 1. The van der Waals surface area contributed by atoms with Crippen molar-refractivity contribution in [3.8, 4) is 0 Å². The normalized spacial score (nSPS) is 11.4. The van der Waals surface area contributed by atoms with Crippen molar-refractivity contribution in [1.29, 1.82) is 0 Å². The predicted octanol–water partition coefficient (Wildman–Crippen LogP) is 5.26. The minimum Gasteiger partial charge on any atom is -0.262 e. The zero-order valence-electron chi connectivity index (χ0n) is 13.7. The lowest BCUT2D eigenvalue weighted by atomic mass is 10.2. The van der Waals surface area contributed by atoms with E-state index in [4.69, 9.17) is 0 Å². The molecule has 0 radical (unpaired) electrons. The highest BCUT2D eigenvalue weighted by atomic mass is 79.9. The van der Waals surface area contributed by atoms with Crippen LogP contribution >= 0.6 is 15.9 Å². The molecule has 0 saturated carbocycles. The van der Waals surface area contributed by atoms with E-state index in [1.165, 1.54) is 6.07 Å². The van der Waals surface area contributed by atoms with Crippen LogP contribution in [0.1, 0.15) is 5.56 Å². The summed E-state index contributed by atoms with van der Waals surface area (Å²) in [5, 5.41) is 0. The van der Waals surface area contributed by atoms with Crippen molar-refractivity contribution in [3.63, 3.8) is 0 Å². The maximum absolute atomic E-state index is 14.1. The molecule has 8 heteroatoms. The Hall–Kier alpha value is -2.32. The first-order valence-corrected chi connectivity index (χ1v) is 9.98. The summed E-state index contributed by atoms with van der Waals surface area (Å²) in [4.78, 5) is -0.147. The minimum atomic E-state index is -4.13. The van der Waals surface area contributed by atoms with Gasteiger partial charge in [-0.05, 0) is 48.5 Å². The lowest BCUT2D eigenvalue weighted by Crippen LogP contribution is -2.31. The number of nitrogens with zero attached hydrogens (tertiary/aromatic N) is 1. The van der Waals surface area contributed by atoms with Crippen LogP contribution < -0.4 is 4.31 Å². The molecule has 0 aliphatic rings. The van der Waals surface area contributed by atoms with Gasteiger partial charge in [0, 0.05) is 16.1 Å². The van der Waals surface area contributed by atoms with Gasteiger partial charge in [0.15, 0.2) is 0 Å². The van der Waals surface area contributed by atoms with Crippen LogP contribution in [0, 0.1) is 17.5 Å². The molecule has 0 fully saturated rings. The van der Waals surface area contributed by atoms with Crippen molar-refractivity contribution in [2.24, 2.45) is 0 Å². The van der Waals surface area contributed by atoms with E-state index in [1.54, 1.807) is 24.3 Å². The Labute approximate surface area is 163 Å². The van der Waals surface area contributed by atoms with E-state index < -0.39 is 27.5 Å². The van der Waals surface area contributed by atoms with Crippen LogP contribution in [0.4, 0.5) is 18.9 Å². The van der Waals surface area contributed by atoms with Crippen molar-refractivity contribution in [3.05, 3.63) is 94.2 Å². The van der Waals surface area contributed by atoms with Gasteiger partial charge in [0.25, 0.3) is 10.0 Å². The van der Waals surface area contributed by atoms with Crippen LogP contribution in [0.5, 0.6) is 0 Å². The highest BCUT2D eigenvalue weighted by Crippen LogP contribution is 2.29. The molecule has 0 unspecified atom stereocenters. The fraction of sp³-hybridized carbons (Fsp3) is 0.0526. The third-order valence-electron chi connectivity index (χ3n) is 3.83. The van der Waals surface area contributed by atoms with E-state index in [0.717, 1.165) is 34.6 Å². The smallest absolute Gasteiger partial charge is 0.262 e. The summed E-state index contributed by atoms with van der Waals surface area (Å²) in [6.07, 6.45) is 0. The Bertz CT molecular complexity index is 1070. The molecule has 0 N–H and O–H groups in total. The van der Waals surface area contributed by atoms with E-state index in [1.807, 2.05) is 0 Å². The van der Waals surface area contributed by atoms with Crippen LogP contribution in [-0.2, 0) is 16.6 Å². The van der Waals surface area contributed by atoms with Gasteiger partial charge in [0.05, 0.1) is 17.1 Å². The SMILES string of the molecule is O=S(=O)(c1ccc(F)cc1)N(Cc1ccc(F)cc1F)c1cccc(Br)c1. The Balaban J connectivity index is 2.11. The van der Waals surface area contributed by atoms with Crippen LogP contribution in [0.2, 0.25) is 0 Å². The Morgan fingerprint density at radius 3 is 2.15 bits per heavy atom. The van der Waals surface area contributed by atoms with E-state index >= 15 is 0 Å². The molecule has 0 saturated heterocycles. The van der Waals surface area contributed by atoms with Gasteiger partial charge < -0.3 is 0 Å². The summed E-state index contributed by atoms with van der Waals surface area (Å²) >= 11 is 3.28. The average Bonchev–Trinajstić information content (AvgIpc) is 2.61. The Morgan fingerprint density at radius 2 is 1.52 bits per heavy atom. The van der Waals surface area contributed by atoms with Gasteiger partial charge in [0.1, 0.15) is 17.5 Å². The minimum absolute atomic E-state index is 0.00191. The van der Waals surface area contributed by atoms with Crippen molar-refractivity contribution >= 4 is 31.6 Å². The molecule has 3 aromatic carbocycles. The molecular formula is C19H13BrF3NO2S. The largest absolute Gasteiger partial charge is 0.264 e. The van der Waals surface area contributed by atoms with Crippen LogP contribution in [0.25, 0.3) is 0 Å². The molecule has 140 valence electrons. The highest BCUT2D eigenvalue weighted by Gasteiger charge is 2.26. The number of benzene rings is 3. The molecule has 3 aromatic rings. The van der Waals surface area contributed by atoms with Gasteiger partial charge in [0.2, 0.25) is 0 Å². The summed E-state index contributed by atoms with van der Waals surface area (Å²) in [5.41, 5.74) is 0.277. The number of halogens is 4. The fourth-order valence-electron chi connectivity index (χ4n) is 2.48. The molecule has 0 heterocycles. The van der Waals surface area contributed by atoms with E-state index in [9.17, 15) is 21.6 Å². The first kappa shape index (κ1) is 19.4. The van der Waals surface area contributed by atoms with Crippen molar-refractivity contribution in [2.45, 2.75) is 11.4 Å². The summed E-state index contributed by atoms with van der Waals surface area (Å²) in [5.74, 6) is -2.19. The molecule has 27 heavy (non-hydrogen) atoms. The summed E-state index contributed by atoms with van der Waals surface area (Å²) in [6, 6.07) is 13.7. The van der Waals surface area contributed by atoms with Crippen LogP contribution in [-0.4, -0.2) is 8.42 Å². The topological polar surface area (TPSA) is 37.4 Å². The second-order valence-electron chi connectivity index (χ2n) is 5.68. The Morgan fingerprint density at radius 1 is 0.852 bits per heavy atom. The standard InChI is InChI=1S/C19H13BrF3NO2S/c20-14-2-1-3-17(10-14)24(12-13-4-5-16(22)11-19(13)23)27(25,26)18-8-6-15(21)7-9-18/h1-11H,12H2. The molecule has 0 amide bonds.